The highest BCUT2D eigenvalue weighted by atomic mass is 32.2. The van der Waals surface area contributed by atoms with Gasteiger partial charge in [-0.3, -0.25) is 4.79 Å². The Labute approximate surface area is 139 Å². The van der Waals surface area contributed by atoms with Crippen molar-refractivity contribution in [3.8, 4) is 5.75 Å². The van der Waals surface area contributed by atoms with E-state index in [1.807, 2.05) is 42.7 Å². The summed E-state index contributed by atoms with van der Waals surface area (Å²) in [4.78, 5) is 22.9. The number of carboxylic acids is 1. The van der Waals surface area contributed by atoms with Gasteiger partial charge in [-0.05, 0) is 41.3 Å². The Morgan fingerprint density at radius 1 is 1.22 bits per heavy atom. The summed E-state index contributed by atoms with van der Waals surface area (Å²) in [6.45, 7) is -0.207. The van der Waals surface area contributed by atoms with Crippen LogP contribution in [0.1, 0.15) is 6.42 Å². The highest BCUT2D eigenvalue weighted by Gasteiger charge is 2.19. The van der Waals surface area contributed by atoms with Crippen LogP contribution in [0.4, 0.5) is 0 Å². The molecule has 0 radical (unpaired) electrons. The number of hydrogen-bond acceptors (Lipinski definition) is 4. The number of carbonyl (C=O) groups is 2. The van der Waals surface area contributed by atoms with Crippen LogP contribution in [0.15, 0.2) is 42.5 Å². The van der Waals surface area contributed by atoms with Gasteiger partial charge in [0.15, 0.2) is 6.61 Å². The second-order valence-corrected chi connectivity index (χ2v) is 6.02. The molecule has 5 nitrogen and oxygen atoms in total. The van der Waals surface area contributed by atoms with Crippen LogP contribution in [0.25, 0.3) is 10.8 Å². The lowest BCUT2D eigenvalue weighted by atomic mass is 10.1. The van der Waals surface area contributed by atoms with Gasteiger partial charge < -0.3 is 15.2 Å². The molecule has 23 heavy (non-hydrogen) atoms. The van der Waals surface area contributed by atoms with Crippen molar-refractivity contribution >= 4 is 34.4 Å². The Bertz CT molecular complexity index is 689. The van der Waals surface area contributed by atoms with Crippen LogP contribution in [0, 0.1) is 0 Å². The van der Waals surface area contributed by atoms with Gasteiger partial charge in [-0.25, -0.2) is 4.79 Å². The van der Waals surface area contributed by atoms with E-state index >= 15 is 0 Å². The van der Waals surface area contributed by atoms with Crippen molar-refractivity contribution in [1.29, 1.82) is 0 Å². The Kier molecular flexibility index (Phi) is 6.29. The zero-order chi connectivity index (χ0) is 16.7. The summed E-state index contributed by atoms with van der Waals surface area (Å²) in [5, 5.41) is 13.7. The molecule has 0 spiro atoms. The van der Waals surface area contributed by atoms with Crippen molar-refractivity contribution in [3.63, 3.8) is 0 Å². The highest BCUT2D eigenvalue weighted by molar-refractivity contribution is 7.98. The Morgan fingerprint density at radius 3 is 2.65 bits per heavy atom. The molecular formula is C17H19NO4S. The number of carbonyl (C=O) groups excluding carboxylic acids is 1. The van der Waals surface area contributed by atoms with Gasteiger partial charge in [0.1, 0.15) is 11.8 Å². The van der Waals surface area contributed by atoms with Crippen LogP contribution in [0.2, 0.25) is 0 Å². The smallest absolute Gasteiger partial charge is 0.326 e. The predicted molar refractivity (Wildman–Crippen MR) is 92.0 cm³/mol. The average molecular weight is 333 g/mol. The summed E-state index contributed by atoms with van der Waals surface area (Å²) in [6, 6.07) is 12.5. The first kappa shape index (κ1) is 17.1. The largest absolute Gasteiger partial charge is 0.484 e. The summed E-state index contributed by atoms with van der Waals surface area (Å²) in [5.74, 6) is -0.220. The molecule has 0 aromatic heterocycles. The van der Waals surface area contributed by atoms with Crippen LogP contribution in [-0.4, -0.2) is 41.6 Å². The third kappa shape index (κ3) is 5.17. The van der Waals surface area contributed by atoms with Crippen LogP contribution >= 0.6 is 11.8 Å². The summed E-state index contributed by atoms with van der Waals surface area (Å²) < 4.78 is 5.45. The van der Waals surface area contributed by atoms with Crippen LogP contribution in [0.5, 0.6) is 5.75 Å². The molecule has 0 saturated carbocycles. The lowest BCUT2D eigenvalue weighted by molar-refractivity contribution is -0.142. The second-order valence-electron chi connectivity index (χ2n) is 5.04. The number of rotatable bonds is 8. The van der Waals surface area contributed by atoms with Crippen molar-refractivity contribution in [2.24, 2.45) is 0 Å². The number of hydrogen-bond donors (Lipinski definition) is 2. The van der Waals surface area contributed by atoms with E-state index in [1.165, 1.54) is 11.8 Å². The molecule has 1 unspecified atom stereocenters. The summed E-state index contributed by atoms with van der Waals surface area (Å²) in [6.07, 6.45) is 2.28. The first-order chi connectivity index (χ1) is 11.1. The molecule has 2 aromatic carbocycles. The number of nitrogens with one attached hydrogen (secondary N) is 1. The van der Waals surface area contributed by atoms with Gasteiger partial charge in [0.25, 0.3) is 5.91 Å². The molecule has 122 valence electrons. The molecular weight excluding hydrogens is 314 g/mol. The van der Waals surface area contributed by atoms with Crippen molar-refractivity contribution in [1.82, 2.24) is 5.32 Å². The molecule has 1 amide bonds. The maximum absolute atomic E-state index is 11.9. The van der Waals surface area contributed by atoms with E-state index in [0.717, 1.165) is 10.8 Å². The molecule has 0 bridgehead atoms. The summed E-state index contributed by atoms with van der Waals surface area (Å²) in [7, 11) is 0. The minimum absolute atomic E-state index is 0.207. The highest BCUT2D eigenvalue weighted by Crippen LogP contribution is 2.20. The average Bonchev–Trinajstić information content (AvgIpc) is 2.56. The van der Waals surface area contributed by atoms with Gasteiger partial charge in [0.05, 0.1) is 0 Å². The van der Waals surface area contributed by atoms with Gasteiger partial charge in [0, 0.05) is 0 Å². The quantitative estimate of drug-likeness (QED) is 0.776. The molecule has 0 heterocycles. The SMILES string of the molecule is CSCCC(NC(=O)COc1ccc2ccccc2c1)C(=O)O. The number of thioether (sulfide) groups is 1. The van der Waals surface area contributed by atoms with E-state index in [-0.39, 0.29) is 6.61 Å². The first-order valence-electron chi connectivity index (χ1n) is 7.23. The third-order valence-corrected chi connectivity index (χ3v) is 3.98. The normalized spacial score (nSPS) is 11.9. The Hall–Kier alpha value is -2.21. The number of fused-ring (bicyclic) bond motifs is 1. The first-order valence-corrected chi connectivity index (χ1v) is 8.62. The molecule has 2 aromatic rings. The maximum Gasteiger partial charge on any atom is 0.326 e. The number of aliphatic carboxylic acids is 1. The van der Waals surface area contributed by atoms with Gasteiger partial charge >= 0.3 is 5.97 Å². The maximum atomic E-state index is 11.9. The van der Waals surface area contributed by atoms with Crippen molar-refractivity contribution in [2.75, 3.05) is 18.6 Å². The number of carboxylic acid groups (broad SMARTS) is 1. The molecule has 2 N–H and O–H groups in total. The third-order valence-electron chi connectivity index (χ3n) is 3.33. The number of ether oxygens (including phenoxy) is 1. The minimum atomic E-state index is -1.03. The van der Waals surface area contributed by atoms with Gasteiger partial charge in [0.2, 0.25) is 0 Å². The molecule has 0 aliphatic heterocycles. The van der Waals surface area contributed by atoms with E-state index < -0.39 is 17.9 Å². The topological polar surface area (TPSA) is 75.6 Å². The fourth-order valence-electron chi connectivity index (χ4n) is 2.14. The number of benzene rings is 2. The van der Waals surface area contributed by atoms with Crippen LogP contribution in [0.3, 0.4) is 0 Å². The van der Waals surface area contributed by atoms with Crippen molar-refractivity contribution in [3.05, 3.63) is 42.5 Å². The molecule has 0 saturated heterocycles. The standard InChI is InChI=1S/C17H19NO4S/c1-23-9-8-15(17(20)21)18-16(19)11-22-14-7-6-12-4-2-3-5-13(12)10-14/h2-7,10,15H,8-9,11H2,1H3,(H,18,19)(H,20,21). The van der Waals surface area contributed by atoms with Gasteiger partial charge in [-0.2, -0.15) is 11.8 Å². The number of amides is 1. The fourth-order valence-corrected chi connectivity index (χ4v) is 2.61. The monoisotopic (exact) mass is 333 g/mol. The van der Waals surface area contributed by atoms with Crippen molar-refractivity contribution < 1.29 is 19.4 Å². The molecule has 2 rings (SSSR count). The van der Waals surface area contributed by atoms with Crippen LogP contribution in [-0.2, 0) is 9.59 Å². The fraction of sp³-hybridized carbons (Fsp3) is 0.294. The molecule has 1 atom stereocenters. The summed E-state index contributed by atoms with van der Waals surface area (Å²) >= 11 is 1.54. The van der Waals surface area contributed by atoms with Gasteiger partial charge in [-0.15, -0.1) is 0 Å². The second kappa shape index (κ2) is 8.43. The zero-order valence-corrected chi connectivity index (χ0v) is 13.6. The van der Waals surface area contributed by atoms with E-state index in [4.69, 9.17) is 9.84 Å². The van der Waals surface area contributed by atoms with Crippen molar-refractivity contribution in [2.45, 2.75) is 12.5 Å². The zero-order valence-electron chi connectivity index (χ0n) is 12.8. The van der Waals surface area contributed by atoms with Gasteiger partial charge in [-0.1, -0.05) is 30.3 Å². The predicted octanol–water partition coefficient (Wildman–Crippen LogP) is 2.54. The lowest BCUT2D eigenvalue weighted by Crippen LogP contribution is -2.43. The van der Waals surface area contributed by atoms with E-state index in [9.17, 15) is 9.59 Å². The minimum Gasteiger partial charge on any atom is -0.484 e. The Balaban J connectivity index is 1.90. The lowest BCUT2D eigenvalue weighted by Gasteiger charge is -2.14. The Morgan fingerprint density at radius 2 is 1.96 bits per heavy atom. The van der Waals surface area contributed by atoms with E-state index in [2.05, 4.69) is 5.32 Å². The summed E-state index contributed by atoms with van der Waals surface area (Å²) in [5.41, 5.74) is 0. The molecule has 0 fully saturated rings. The van der Waals surface area contributed by atoms with E-state index in [0.29, 0.717) is 17.9 Å². The molecule has 6 heteroatoms. The van der Waals surface area contributed by atoms with E-state index in [1.54, 1.807) is 6.07 Å². The molecule has 0 aliphatic carbocycles. The molecule has 0 aliphatic rings. The van der Waals surface area contributed by atoms with Crippen LogP contribution < -0.4 is 10.1 Å².